The van der Waals surface area contributed by atoms with Gasteiger partial charge in [-0.2, -0.15) is 18.4 Å². The lowest BCUT2D eigenvalue weighted by Gasteiger charge is -2.32. The van der Waals surface area contributed by atoms with Crippen molar-refractivity contribution in [2.75, 3.05) is 45.2 Å². The molecule has 2 aliphatic rings. The number of aromatic nitrogens is 1. The van der Waals surface area contributed by atoms with Crippen molar-refractivity contribution in [3.8, 4) is 17.9 Å². The number of piperidine rings is 1. The van der Waals surface area contributed by atoms with Crippen LogP contribution in [0.4, 0.5) is 18.9 Å². The molecule has 1 fully saturated rings. The SMILES string of the molecule is COCCN1CCC(Nc2cccc3c2cc(C#CCNC2C=NC(C(C)(C)C#N)=CC2)n3CC(F)(F)F)CC1. The summed E-state index contributed by atoms with van der Waals surface area (Å²) >= 11 is 0. The first-order valence-corrected chi connectivity index (χ1v) is 13.6. The van der Waals surface area contributed by atoms with E-state index in [0.717, 1.165) is 49.2 Å². The minimum atomic E-state index is -4.38. The third-order valence-electron chi connectivity index (χ3n) is 7.39. The minimum absolute atomic E-state index is 0.0507. The Hall–Kier alpha value is -3.31. The van der Waals surface area contributed by atoms with Gasteiger partial charge in [0.15, 0.2) is 0 Å². The largest absolute Gasteiger partial charge is 0.406 e. The predicted octanol–water partition coefficient (Wildman–Crippen LogP) is 4.94. The summed E-state index contributed by atoms with van der Waals surface area (Å²) in [5.41, 5.74) is 1.75. The Bertz CT molecular complexity index is 1330. The minimum Gasteiger partial charge on any atom is -0.383 e. The molecule has 1 atom stereocenters. The standard InChI is InChI=1S/C30H37F3N6O/c1-29(2,20-34)28-10-9-23(19-36-28)35-13-5-6-24-18-25-26(7-4-8-27(25)39(24)21-30(31,32)33)37-22-11-14-38(15-12-22)16-17-40-3/h4,7-8,10,18-19,22-23,35,37H,9,11-17,21H2,1-3H3. The van der Waals surface area contributed by atoms with E-state index in [1.165, 1.54) is 4.57 Å². The number of allylic oxidation sites excluding steroid dienone is 1. The second-order valence-electron chi connectivity index (χ2n) is 10.9. The Morgan fingerprint density at radius 3 is 2.62 bits per heavy atom. The summed E-state index contributed by atoms with van der Waals surface area (Å²) in [6, 6.07) is 9.63. The second-order valence-corrected chi connectivity index (χ2v) is 10.9. The summed E-state index contributed by atoms with van der Waals surface area (Å²) in [5.74, 6) is 5.96. The number of methoxy groups -OCH3 is 1. The number of nitriles is 1. The quantitative estimate of drug-likeness (QED) is 0.430. The highest BCUT2D eigenvalue weighted by Crippen LogP contribution is 2.31. The number of benzene rings is 1. The van der Waals surface area contributed by atoms with Gasteiger partial charge in [0.1, 0.15) is 6.54 Å². The fourth-order valence-electron chi connectivity index (χ4n) is 5.05. The molecule has 3 heterocycles. The number of likely N-dealkylation sites (tertiary alicyclic amines) is 1. The number of fused-ring (bicyclic) bond motifs is 1. The van der Waals surface area contributed by atoms with Gasteiger partial charge in [-0.3, -0.25) is 10.3 Å². The molecule has 7 nitrogen and oxygen atoms in total. The number of hydrogen-bond acceptors (Lipinski definition) is 6. The first-order valence-electron chi connectivity index (χ1n) is 13.6. The lowest BCUT2D eigenvalue weighted by molar-refractivity contribution is -0.140. The van der Waals surface area contributed by atoms with E-state index >= 15 is 0 Å². The summed E-state index contributed by atoms with van der Waals surface area (Å²) in [5, 5.41) is 16.9. The molecular formula is C30H37F3N6O. The smallest absolute Gasteiger partial charge is 0.383 e. The van der Waals surface area contributed by atoms with E-state index in [0.29, 0.717) is 30.8 Å². The highest BCUT2D eigenvalue weighted by Gasteiger charge is 2.30. The summed E-state index contributed by atoms with van der Waals surface area (Å²) < 4.78 is 47.1. The van der Waals surface area contributed by atoms with Crippen LogP contribution in [0.1, 0.15) is 38.8 Å². The molecular weight excluding hydrogens is 517 g/mol. The predicted molar refractivity (Wildman–Crippen MR) is 152 cm³/mol. The topological polar surface area (TPSA) is 77.6 Å². The lowest BCUT2D eigenvalue weighted by atomic mass is 9.89. The Morgan fingerprint density at radius 1 is 1.20 bits per heavy atom. The Morgan fingerprint density at radius 2 is 1.98 bits per heavy atom. The Balaban J connectivity index is 1.46. The number of anilines is 1. The van der Waals surface area contributed by atoms with E-state index in [9.17, 15) is 18.4 Å². The van der Waals surface area contributed by atoms with Crippen LogP contribution in [0.2, 0.25) is 0 Å². The number of nitrogens with zero attached hydrogens (tertiary/aromatic N) is 4. The molecule has 1 saturated heterocycles. The summed E-state index contributed by atoms with van der Waals surface area (Å²) in [7, 11) is 1.70. The van der Waals surface area contributed by atoms with Crippen LogP contribution in [0, 0.1) is 28.6 Å². The molecule has 0 aliphatic carbocycles. The van der Waals surface area contributed by atoms with Crippen molar-refractivity contribution in [3.63, 3.8) is 0 Å². The average molecular weight is 555 g/mol. The van der Waals surface area contributed by atoms with Gasteiger partial charge < -0.3 is 19.5 Å². The van der Waals surface area contributed by atoms with Crippen LogP contribution in [0.25, 0.3) is 10.9 Å². The van der Waals surface area contributed by atoms with Crippen LogP contribution in [-0.4, -0.2) is 73.8 Å². The zero-order valence-corrected chi connectivity index (χ0v) is 23.3. The van der Waals surface area contributed by atoms with Crippen LogP contribution in [0.3, 0.4) is 0 Å². The van der Waals surface area contributed by atoms with Crippen molar-refractivity contribution in [1.82, 2.24) is 14.8 Å². The van der Waals surface area contributed by atoms with E-state index in [-0.39, 0.29) is 12.1 Å². The molecule has 2 aliphatic heterocycles. The van der Waals surface area contributed by atoms with Crippen molar-refractivity contribution in [3.05, 3.63) is 41.7 Å². The van der Waals surface area contributed by atoms with Gasteiger partial charge in [-0.15, -0.1) is 0 Å². The van der Waals surface area contributed by atoms with Crippen molar-refractivity contribution in [1.29, 1.82) is 5.26 Å². The lowest BCUT2D eigenvalue weighted by Crippen LogP contribution is -2.40. The van der Waals surface area contributed by atoms with Gasteiger partial charge in [0.2, 0.25) is 0 Å². The molecule has 2 N–H and O–H groups in total. The fourth-order valence-corrected chi connectivity index (χ4v) is 5.05. The monoisotopic (exact) mass is 554 g/mol. The van der Waals surface area contributed by atoms with Crippen LogP contribution >= 0.6 is 0 Å². The van der Waals surface area contributed by atoms with Crippen molar-refractivity contribution in [2.24, 2.45) is 10.4 Å². The third kappa shape index (κ3) is 7.66. The van der Waals surface area contributed by atoms with Gasteiger partial charge in [0.25, 0.3) is 0 Å². The summed E-state index contributed by atoms with van der Waals surface area (Å²) in [6.07, 6.45) is 1.90. The van der Waals surface area contributed by atoms with Gasteiger partial charge >= 0.3 is 6.18 Å². The summed E-state index contributed by atoms with van der Waals surface area (Å²) in [6.45, 7) is 6.35. The highest BCUT2D eigenvalue weighted by atomic mass is 19.4. The number of ether oxygens (including phenoxy) is 1. The van der Waals surface area contributed by atoms with Crippen LogP contribution in [-0.2, 0) is 11.3 Å². The maximum atomic E-state index is 13.5. The molecule has 0 spiro atoms. The molecule has 2 aromatic rings. The van der Waals surface area contributed by atoms with Gasteiger partial charge in [0.05, 0.1) is 41.5 Å². The number of rotatable bonds is 9. The van der Waals surface area contributed by atoms with Crippen molar-refractivity contribution in [2.45, 2.75) is 57.9 Å². The molecule has 0 saturated carbocycles. The average Bonchev–Trinajstić information content (AvgIpc) is 3.27. The van der Waals surface area contributed by atoms with Gasteiger partial charge in [-0.1, -0.05) is 18.1 Å². The zero-order valence-electron chi connectivity index (χ0n) is 23.3. The maximum Gasteiger partial charge on any atom is 0.406 e. The Labute approximate surface area is 234 Å². The number of hydrogen-bond donors (Lipinski definition) is 2. The molecule has 214 valence electrons. The van der Waals surface area contributed by atoms with Crippen LogP contribution in [0.5, 0.6) is 0 Å². The van der Waals surface area contributed by atoms with Gasteiger partial charge in [0, 0.05) is 56.1 Å². The van der Waals surface area contributed by atoms with Crippen molar-refractivity contribution < 1.29 is 17.9 Å². The number of halogens is 3. The molecule has 40 heavy (non-hydrogen) atoms. The van der Waals surface area contributed by atoms with Gasteiger partial charge in [-0.05, 0) is 57.2 Å². The van der Waals surface area contributed by atoms with E-state index in [1.807, 2.05) is 26.0 Å². The molecule has 0 amide bonds. The van der Waals surface area contributed by atoms with E-state index in [4.69, 9.17) is 4.74 Å². The van der Waals surface area contributed by atoms with Gasteiger partial charge in [-0.25, -0.2) is 0 Å². The fraction of sp³-hybridized carbons (Fsp3) is 0.533. The van der Waals surface area contributed by atoms with Crippen LogP contribution in [0.15, 0.2) is 41.0 Å². The third-order valence-corrected chi connectivity index (χ3v) is 7.39. The molecule has 4 rings (SSSR count). The van der Waals surface area contributed by atoms with E-state index < -0.39 is 18.1 Å². The molecule has 0 radical (unpaired) electrons. The molecule has 1 unspecified atom stereocenters. The van der Waals surface area contributed by atoms with Crippen molar-refractivity contribution >= 4 is 22.8 Å². The maximum absolute atomic E-state index is 13.5. The van der Waals surface area contributed by atoms with E-state index in [1.54, 1.807) is 31.5 Å². The number of aliphatic imine (C=N–C) groups is 1. The summed E-state index contributed by atoms with van der Waals surface area (Å²) in [4.78, 5) is 6.77. The molecule has 1 aromatic carbocycles. The Kier molecular flexibility index (Phi) is 9.57. The van der Waals surface area contributed by atoms with Crippen LogP contribution < -0.4 is 10.6 Å². The van der Waals surface area contributed by atoms with E-state index in [2.05, 4.69) is 38.4 Å². The normalized spacial score (nSPS) is 18.7. The zero-order chi connectivity index (χ0) is 28.8. The molecule has 10 heteroatoms. The number of nitrogens with one attached hydrogen (secondary N) is 2. The first-order chi connectivity index (χ1) is 19.1. The second kappa shape index (κ2) is 12.9. The highest BCUT2D eigenvalue weighted by molar-refractivity contribution is 5.94. The first kappa shape index (κ1) is 29.7. The molecule has 0 bridgehead atoms. The molecule has 1 aromatic heterocycles. The number of alkyl halides is 3.